The van der Waals surface area contributed by atoms with Crippen LogP contribution in [-0.2, 0) is 9.59 Å². The van der Waals surface area contributed by atoms with Crippen LogP contribution in [0.4, 0.5) is 0 Å². The van der Waals surface area contributed by atoms with Crippen LogP contribution in [0.15, 0.2) is 0 Å². The van der Waals surface area contributed by atoms with Crippen molar-refractivity contribution in [3.63, 3.8) is 0 Å². The van der Waals surface area contributed by atoms with Gasteiger partial charge in [0.2, 0.25) is 5.91 Å². The van der Waals surface area contributed by atoms with Gasteiger partial charge in [-0.3, -0.25) is 9.59 Å². The van der Waals surface area contributed by atoms with Crippen molar-refractivity contribution in [3.8, 4) is 0 Å². The molecule has 2 rings (SSSR count). The van der Waals surface area contributed by atoms with E-state index in [9.17, 15) is 14.7 Å². The molecule has 0 radical (unpaired) electrons. The minimum absolute atomic E-state index is 0.0799. The van der Waals surface area contributed by atoms with E-state index in [4.69, 9.17) is 0 Å². The first-order valence-corrected chi connectivity index (χ1v) is 7.77. The predicted molar refractivity (Wildman–Crippen MR) is 77.3 cm³/mol. The number of carbonyl (C=O) groups excluding carboxylic acids is 1. The molecule has 4 heteroatoms. The molecule has 2 fully saturated rings. The molecule has 20 heavy (non-hydrogen) atoms. The van der Waals surface area contributed by atoms with Crippen LogP contribution in [0.25, 0.3) is 0 Å². The molecule has 4 nitrogen and oxygen atoms in total. The number of carboxylic acid groups (broad SMARTS) is 1. The van der Waals surface area contributed by atoms with Crippen LogP contribution in [0.5, 0.6) is 0 Å². The first-order chi connectivity index (χ1) is 9.24. The summed E-state index contributed by atoms with van der Waals surface area (Å²) in [6.45, 7) is 6.73. The Hall–Kier alpha value is -1.06. The van der Waals surface area contributed by atoms with Gasteiger partial charge in [-0.2, -0.15) is 0 Å². The van der Waals surface area contributed by atoms with E-state index in [1.54, 1.807) is 0 Å². The average molecular weight is 281 g/mol. The van der Waals surface area contributed by atoms with E-state index in [1.165, 1.54) is 0 Å². The van der Waals surface area contributed by atoms with Gasteiger partial charge in [-0.15, -0.1) is 0 Å². The lowest BCUT2D eigenvalue weighted by molar-refractivity contribution is -0.157. The summed E-state index contributed by atoms with van der Waals surface area (Å²) in [6.07, 6.45) is 5.59. The Morgan fingerprint density at radius 3 is 2.35 bits per heavy atom. The fourth-order valence-electron chi connectivity index (χ4n) is 3.80. The zero-order valence-corrected chi connectivity index (χ0v) is 12.9. The number of aliphatic carboxylic acids is 1. The van der Waals surface area contributed by atoms with Crippen LogP contribution < -0.4 is 5.32 Å². The monoisotopic (exact) mass is 281 g/mol. The number of carboxylic acids is 1. The Bertz CT molecular complexity index is 399. The van der Waals surface area contributed by atoms with E-state index in [1.807, 2.05) is 0 Å². The normalized spacial score (nSPS) is 31.1. The van der Waals surface area contributed by atoms with Crippen molar-refractivity contribution in [2.24, 2.45) is 16.7 Å². The molecule has 2 unspecified atom stereocenters. The number of rotatable bonds is 4. The van der Waals surface area contributed by atoms with Crippen molar-refractivity contribution in [2.45, 2.75) is 71.8 Å². The third-order valence-electron chi connectivity index (χ3n) is 5.30. The lowest BCUT2D eigenvalue weighted by Crippen LogP contribution is -2.48. The molecule has 2 atom stereocenters. The smallest absolute Gasteiger partial charge is 0.310 e. The van der Waals surface area contributed by atoms with Crippen molar-refractivity contribution < 1.29 is 14.7 Å². The number of amides is 1. The van der Waals surface area contributed by atoms with Crippen LogP contribution in [0, 0.1) is 16.7 Å². The highest BCUT2D eigenvalue weighted by molar-refractivity contribution is 5.85. The third-order valence-corrected chi connectivity index (χ3v) is 5.30. The summed E-state index contributed by atoms with van der Waals surface area (Å²) in [4.78, 5) is 23.5. The largest absolute Gasteiger partial charge is 0.481 e. The number of hydrogen-bond donors (Lipinski definition) is 2. The van der Waals surface area contributed by atoms with E-state index >= 15 is 0 Å². The minimum atomic E-state index is -0.809. The van der Waals surface area contributed by atoms with E-state index in [2.05, 4.69) is 26.1 Å². The van der Waals surface area contributed by atoms with Crippen molar-refractivity contribution in [1.82, 2.24) is 5.32 Å². The fraction of sp³-hybridized carbons (Fsp3) is 0.875. The van der Waals surface area contributed by atoms with Gasteiger partial charge < -0.3 is 10.4 Å². The summed E-state index contributed by atoms with van der Waals surface area (Å²) in [5.41, 5.74) is -0.418. The van der Waals surface area contributed by atoms with Gasteiger partial charge in [0.15, 0.2) is 0 Å². The lowest BCUT2D eigenvalue weighted by Gasteiger charge is -2.41. The molecule has 0 bridgehead atoms. The molecule has 114 valence electrons. The molecule has 0 spiro atoms. The van der Waals surface area contributed by atoms with Crippen molar-refractivity contribution in [1.29, 1.82) is 0 Å². The molecule has 0 saturated heterocycles. The number of nitrogens with one attached hydrogen (secondary N) is 1. The van der Waals surface area contributed by atoms with Crippen molar-refractivity contribution in [3.05, 3.63) is 0 Å². The highest BCUT2D eigenvalue weighted by Gasteiger charge is 2.46. The quantitative estimate of drug-likeness (QED) is 0.832. The molecule has 2 aliphatic rings. The second kappa shape index (κ2) is 5.38. The summed E-state index contributed by atoms with van der Waals surface area (Å²) in [5, 5.41) is 12.4. The maximum atomic E-state index is 12.2. The zero-order valence-electron chi connectivity index (χ0n) is 12.9. The molecule has 0 aliphatic heterocycles. The number of carbonyl (C=O) groups is 2. The first-order valence-electron chi connectivity index (χ1n) is 7.77. The summed E-state index contributed by atoms with van der Waals surface area (Å²) in [5.74, 6) is -0.426. The molecular weight excluding hydrogens is 254 g/mol. The topological polar surface area (TPSA) is 66.4 Å². The number of hydrogen-bond acceptors (Lipinski definition) is 2. The highest BCUT2D eigenvalue weighted by Crippen LogP contribution is 2.44. The second-order valence-corrected chi connectivity index (χ2v) is 7.67. The van der Waals surface area contributed by atoms with E-state index in [0.29, 0.717) is 24.2 Å². The summed E-state index contributed by atoms with van der Waals surface area (Å²) in [6, 6.07) is 0.210. The fourth-order valence-corrected chi connectivity index (χ4v) is 3.80. The molecule has 1 amide bonds. The van der Waals surface area contributed by atoms with Gasteiger partial charge in [0.1, 0.15) is 0 Å². The molecule has 0 aromatic rings. The SMILES string of the molecule is CC1CC(C)(C)CCC1NC(=O)CC1(C(=O)O)CCC1. The molecular formula is C16H27NO3. The van der Waals surface area contributed by atoms with Crippen molar-refractivity contribution in [2.75, 3.05) is 0 Å². The summed E-state index contributed by atoms with van der Waals surface area (Å²) in [7, 11) is 0. The molecule has 2 saturated carbocycles. The Labute approximate surface area is 121 Å². The average Bonchev–Trinajstić information content (AvgIpc) is 2.26. The first kappa shape index (κ1) is 15.3. The second-order valence-electron chi connectivity index (χ2n) is 7.67. The summed E-state index contributed by atoms with van der Waals surface area (Å²) >= 11 is 0. The Morgan fingerprint density at radius 1 is 1.25 bits per heavy atom. The van der Waals surface area contributed by atoms with Gasteiger partial charge in [-0.1, -0.05) is 27.2 Å². The van der Waals surface area contributed by atoms with Crippen LogP contribution in [-0.4, -0.2) is 23.0 Å². The van der Waals surface area contributed by atoms with Gasteiger partial charge >= 0.3 is 5.97 Å². The molecule has 0 aromatic carbocycles. The Morgan fingerprint density at radius 2 is 1.90 bits per heavy atom. The van der Waals surface area contributed by atoms with Crippen LogP contribution in [0.1, 0.15) is 65.7 Å². The molecule has 2 aliphatic carbocycles. The zero-order chi connectivity index (χ0) is 15.0. The van der Waals surface area contributed by atoms with Gasteiger partial charge in [0.05, 0.1) is 5.41 Å². The Balaban J connectivity index is 1.87. The van der Waals surface area contributed by atoms with Gasteiger partial charge in [-0.05, 0) is 43.4 Å². The summed E-state index contributed by atoms with van der Waals surface area (Å²) < 4.78 is 0. The molecule has 0 heterocycles. The lowest BCUT2D eigenvalue weighted by atomic mass is 9.66. The van der Waals surface area contributed by atoms with Crippen LogP contribution in [0.3, 0.4) is 0 Å². The van der Waals surface area contributed by atoms with Gasteiger partial charge in [0.25, 0.3) is 0 Å². The van der Waals surface area contributed by atoms with E-state index < -0.39 is 11.4 Å². The Kier molecular flexibility index (Phi) is 4.12. The third kappa shape index (κ3) is 3.15. The van der Waals surface area contributed by atoms with E-state index in [-0.39, 0.29) is 18.4 Å². The standard InChI is InChI=1S/C16H27NO3/c1-11-9-15(2,3)8-5-12(11)17-13(18)10-16(14(19)20)6-4-7-16/h11-12H,4-10H2,1-3H3,(H,17,18)(H,19,20). The maximum absolute atomic E-state index is 12.2. The van der Waals surface area contributed by atoms with Crippen LogP contribution in [0.2, 0.25) is 0 Å². The highest BCUT2D eigenvalue weighted by atomic mass is 16.4. The minimum Gasteiger partial charge on any atom is -0.481 e. The maximum Gasteiger partial charge on any atom is 0.310 e. The predicted octanol–water partition coefficient (Wildman–Crippen LogP) is 2.96. The van der Waals surface area contributed by atoms with Gasteiger partial charge in [-0.25, -0.2) is 0 Å². The molecule has 0 aromatic heterocycles. The molecule has 2 N–H and O–H groups in total. The van der Waals surface area contributed by atoms with E-state index in [0.717, 1.165) is 25.7 Å². The van der Waals surface area contributed by atoms with Gasteiger partial charge in [0, 0.05) is 12.5 Å². The van der Waals surface area contributed by atoms with Crippen LogP contribution >= 0.6 is 0 Å². The van der Waals surface area contributed by atoms with Crippen molar-refractivity contribution >= 4 is 11.9 Å².